The Morgan fingerprint density at radius 2 is 1.54 bits per heavy atom. The summed E-state index contributed by atoms with van der Waals surface area (Å²) in [6.07, 6.45) is 0. The molecule has 2 N–H and O–H groups in total. The van der Waals surface area contributed by atoms with Crippen molar-refractivity contribution in [2.45, 2.75) is 18.9 Å². The van der Waals surface area contributed by atoms with Crippen LogP contribution in [0.25, 0.3) is 0 Å². The first-order valence-corrected chi connectivity index (χ1v) is 8.30. The predicted molar refractivity (Wildman–Crippen MR) is 101 cm³/mol. The Balaban J connectivity index is 2.09. The summed E-state index contributed by atoms with van der Waals surface area (Å²) in [6.45, 7) is 3.48. The summed E-state index contributed by atoms with van der Waals surface area (Å²) in [6, 6.07) is 21.3. The van der Waals surface area contributed by atoms with E-state index < -0.39 is 0 Å². The number of hydrogen-bond acceptors (Lipinski definition) is 2. The Hall–Kier alpha value is -2.33. The molecular weight excluding hydrogens is 298 g/mol. The maximum absolute atomic E-state index is 5.17. The topological polar surface area (TPSA) is 45.7 Å². The average Bonchev–Trinajstić information content (AvgIpc) is 2.63. The Morgan fingerprint density at radius 3 is 2.00 bits per heavy atom. The van der Waals surface area contributed by atoms with Crippen LogP contribution in [0.1, 0.15) is 24.0 Å². The van der Waals surface area contributed by atoms with Crippen molar-refractivity contribution in [1.82, 2.24) is 10.6 Å². The molecule has 4 nitrogen and oxygen atoms in total. The van der Waals surface area contributed by atoms with Crippen LogP contribution in [0.4, 0.5) is 0 Å². The molecule has 128 valence electrons. The number of ether oxygens (including phenoxy) is 1. The van der Waals surface area contributed by atoms with Gasteiger partial charge in [0, 0.05) is 32.7 Å². The molecule has 2 aromatic carbocycles. The van der Waals surface area contributed by atoms with Crippen molar-refractivity contribution in [3.63, 3.8) is 0 Å². The quantitative estimate of drug-likeness (QED) is 0.607. The normalized spacial score (nSPS) is 12.9. The van der Waals surface area contributed by atoms with E-state index in [0.717, 1.165) is 12.5 Å². The maximum atomic E-state index is 5.17. The van der Waals surface area contributed by atoms with Crippen LogP contribution < -0.4 is 10.6 Å². The highest BCUT2D eigenvalue weighted by Crippen LogP contribution is 2.23. The molecule has 4 heteroatoms. The van der Waals surface area contributed by atoms with Crippen LogP contribution in [-0.4, -0.2) is 39.3 Å². The molecule has 0 aliphatic heterocycles. The molecule has 0 bridgehead atoms. The van der Waals surface area contributed by atoms with Gasteiger partial charge in [-0.25, -0.2) is 0 Å². The molecule has 0 radical (unpaired) electrons. The number of methoxy groups -OCH3 is 1. The molecule has 1 unspecified atom stereocenters. The minimum atomic E-state index is 0.202. The molecular formula is C20H27N3O. The Bertz CT molecular complexity index is 574. The molecule has 0 aliphatic rings. The van der Waals surface area contributed by atoms with E-state index >= 15 is 0 Å². The number of hydrogen-bond donors (Lipinski definition) is 2. The highest BCUT2D eigenvalue weighted by molar-refractivity contribution is 5.80. The molecule has 0 heterocycles. The second-order valence-electron chi connectivity index (χ2n) is 5.83. The lowest BCUT2D eigenvalue weighted by Gasteiger charge is -2.22. The summed E-state index contributed by atoms with van der Waals surface area (Å²) in [5.41, 5.74) is 2.58. The van der Waals surface area contributed by atoms with Crippen molar-refractivity contribution in [2.75, 3.05) is 27.3 Å². The lowest BCUT2D eigenvalue weighted by molar-refractivity contribution is 0.179. The van der Waals surface area contributed by atoms with Gasteiger partial charge in [0.1, 0.15) is 0 Å². The minimum Gasteiger partial charge on any atom is -0.383 e. The van der Waals surface area contributed by atoms with Crippen molar-refractivity contribution in [3.8, 4) is 0 Å². The van der Waals surface area contributed by atoms with Crippen molar-refractivity contribution >= 4 is 5.96 Å². The lowest BCUT2D eigenvalue weighted by Crippen LogP contribution is -2.45. The fraction of sp³-hybridized carbons (Fsp3) is 0.350. The van der Waals surface area contributed by atoms with Gasteiger partial charge in [-0.05, 0) is 18.1 Å². The lowest BCUT2D eigenvalue weighted by atomic mass is 9.91. The van der Waals surface area contributed by atoms with Crippen LogP contribution in [-0.2, 0) is 4.74 Å². The summed E-state index contributed by atoms with van der Waals surface area (Å²) in [5.74, 6) is 1.06. The van der Waals surface area contributed by atoms with Gasteiger partial charge in [0.25, 0.3) is 0 Å². The van der Waals surface area contributed by atoms with Crippen LogP contribution in [0, 0.1) is 0 Å². The fourth-order valence-electron chi connectivity index (χ4n) is 2.72. The van der Waals surface area contributed by atoms with E-state index in [1.807, 2.05) is 12.1 Å². The molecule has 0 fully saturated rings. The van der Waals surface area contributed by atoms with E-state index in [2.05, 4.69) is 71.1 Å². The number of rotatable bonds is 7. The van der Waals surface area contributed by atoms with Gasteiger partial charge in [-0.1, -0.05) is 60.7 Å². The zero-order valence-electron chi connectivity index (χ0n) is 14.7. The maximum Gasteiger partial charge on any atom is 0.191 e. The summed E-state index contributed by atoms with van der Waals surface area (Å²) in [7, 11) is 3.49. The third-order valence-corrected chi connectivity index (χ3v) is 3.90. The monoisotopic (exact) mass is 325 g/mol. The molecule has 1 atom stereocenters. The van der Waals surface area contributed by atoms with Gasteiger partial charge in [-0.15, -0.1) is 0 Å². The smallest absolute Gasteiger partial charge is 0.191 e. The van der Waals surface area contributed by atoms with Crippen molar-refractivity contribution in [1.29, 1.82) is 0 Å². The summed E-state index contributed by atoms with van der Waals surface area (Å²) < 4.78 is 5.17. The van der Waals surface area contributed by atoms with Gasteiger partial charge in [-0.2, -0.15) is 0 Å². The molecule has 0 saturated heterocycles. The number of nitrogens with one attached hydrogen (secondary N) is 2. The van der Waals surface area contributed by atoms with Gasteiger partial charge in [0.05, 0.1) is 6.61 Å². The third kappa shape index (κ3) is 5.39. The molecule has 0 saturated carbocycles. The first kappa shape index (κ1) is 18.0. The van der Waals surface area contributed by atoms with Gasteiger partial charge in [0.2, 0.25) is 0 Å². The zero-order valence-corrected chi connectivity index (χ0v) is 14.7. The number of benzene rings is 2. The molecule has 2 aromatic rings. The number of aliphatic imine (C=N–C) groups is 1. The van der Waals surface area contributed by atoms with E-state index in [9.17, 15) is 0 Å². The van der Waals surface area contributed by atoms with Crippen LogP contribution >= 0.6 is 0 Å². The first-order valence-electron chi connectivity index (χ1n) is 8.30. The van der Waals surface area contributed by atoms with E-state index in [1.165, 1.54) is 11.1 Å². The molecule has 24 heavy (non-hydrogen) atoms. The van der Waals surface area contributed by atoms with Crippen LogP contribution in [0.15, 0.2) is 65.7 Å². The Kier molecular flexibility index (Phi) is 7.30. The van der Waals surface area contributed by atoms with Crippen molar-refractivity contribution < 1.29 is 4.74 Å². The number of guanidine groups is 1. The fourth-order valence-corrected chi connectivity index (χ4v) is 2.72. The van der Waals surface area contributed by atoms with Crippen LogP contribution in [0.5, 0.6) is 0 Å². The molecule has 0 aromatic heterocycles. The zero-order chi connectivity index (χ0) is 17.2. The summed E-state index contributed by atoms with van der Waals surface area (Å²) in [4.78, 5) is 4.31. The van der Waals surface area contributed by atoms with Gasteiger partial charge in [0.15, 0.2) is 5.96 Å². The predicted octanol–water partition coefficient (Wildman–Crippen LogP) is 3.02. The van der Waals surface area contributed by atoms with Crippen LogP contribution in [0.3, 0.4) is 0 Å². The average molecular weight is 325 g/mol. The minimum absolute atomic E-state index is 0.202. The first-order chi connectivity index (χ1) is 11.7. The molecule has 0 amide bonds. The SMILES string of the molecule is CN=C(NCC(c1ccccc1)c1ccccc1)NC(C)COC. The van der Waals surface area contributed by atoms with Crippen molar-refractivity contribution in [2.24, 2.45) is 4.99 Å². The number of nitrogens with zero attached hydrogens (tertiary/aromatic N) is 1. The van der Waals surface area contributed by atoms with E-state index in [1.54, 1.807) is 14.2 Å². The van der Waals surface area contributed by atoms with Gasteiger partial charge < -0.3 is 15.4 Å². The molecule has 2 rings (SSSR count). The largest absolute Gasteiger partial charge is 0.383 e. The molecule has 0 spiro atoms. The van der Waals surface area contributed by atoms with Crippen LogP contribution in [0.2, 0.25) is 0 Å². The van der Waals surface area contributed by atoms with Gasteiger partial charge in [-0.3, -0.25) is 4.99 Å². The summed E-state index contributed by atoms with van der Waals surface area (Å²) in [5, 5.41) is 6.78. The second-order valence-corrected chi connectivity index (χ2v) is 5.83. The molecule has 0 aliphatic carbocycles. The van der Waals surface area contributed by atoms with E-state index in [0.29, 0.717) is 6.61 Å². The summed E-state index contributed by atoms with van der Waals surface area (Å²) >= 11 is 0. The van der Waals surface area contributed by atoms with E-state index in [-0.39, 0.29) is 12.0 Å². The van der Waals surface area contributed by atoms with Gasteiger partial charge >= 0.3 is 0 Å². The second kappa shape index (κ2) is 9.73. The highest BCUT2D eigenvalue weighted by Gasteiger charge is 2.15. The van der Waals surface area contributed by atoms with E-state index in [4.69, 9.17) is 4.74 Å². The van der Waals surface area contributed by atoms with Crippen molar-refractivity contribution in [3.05, 3.63) is 71.8 Å². The Labute approximate surface area is 145 Å². The Morgan fingerprint density at radius 1 is 1.00 bits per heavy atom. The third-order valence-electron chi connectivity index (χ3n) is 3.90. The standard InChI is InChI=1S/C20H27N3O/c1-16(15-24-3)23-20(21-2)22-14-19(17-10-6-4-7-11-17)18-12-8-5-9-13-18/h4-13,16,19H,14-15H2,1-3H3,(H2,21,22,23). The highest BCUT2D eigenvalue weighted by atomic mass is 16.5.